The summed E-state index contributed by atoms with van der Waals surface area (Å²) in [6, 6.07) is 37.6. The number of rotatable bonds is 7. The highest BCUT2D eigenvalue weighted by atomic mass is 31.2. The van der Waals surface area contributed by atoms with Crippen LogP contribution < -0.4 is 21.2 Å². The molecule has 4 aromatic carbocycles. The lowest BCUT2D eigenvalue weighted by molar-refractivity contribution is -0.124. The molecule has 1 amide bonds. The van der Waals surface area contributed by atoms with Gasteiger partial charge >= 0.3 is 0 Å². The number of likely N-dealkylation sites (N-methyl/N-ethyl adjacent to an activating group) is 1. The van der Waals surface area contributed by atoms with Crippen LogP contribution in [0.15, 0.2) is 121 Å². The summed E-state index contributed by atoms with van der Waals surface area (Å²) in [5.41, 5.74) is 3.31. The zero-order valence-corrected chi connectivity index (χ0v) is 21.7. The molecule has 0 unspecified atom stereocenters. The van der Waals surface area contributed by atoms with Crippen molar-refractivity contribution in [1.82, 2.24) is 4.90 Å². The highest BCUT2D eigenvalue weighted by Gasteiger charge is 2.53. The Morgan fingerprint density at radius 3 is 1.43 bits per heavy atom. The van der Waals surface area contributed by atoms with Gasteiger partial charge in [-0.05, 0) is 61.4 Å². The van der Waals surface area contributed by atoms with E-state index in [0.29, 0.717) is 0 Å². The Kier molecular flexibility index (Phi) is 7.48. The standard InChI is InChI=1S/C31H31N2OP/c1-24-15-14-16-25(2)30(24)32-23-29(31(34)33(3)4)35(26-17-8-5-9-18-26,27-19-10-6-11-20-27)28-21-12-7-13-22-28/h5-23H,1-4H3/p+1. The number of hydrogen-bond acceptors (Lipinski definition) is 2. The number of hydrogen-bond donors (Lipinski definition) is 1. The van der Waals surface area contributed by atoms with Gasteiger partial charge in [0.25, 0.3) is 5.91 Å². The van der Waals surface area contributed by atoms with Crippen LogP contribution in [0.5, 0.6) is 0 Å². The molecule has 0 saturated heterocycles. The number of nitrogens with one attached hydrogen (secondary N) is 1. The summed E-state index contributed by atoms with van der Waals surface area (Å²) in [7, 11) is 1.12. The summed E-state index contributed by atoms with van der Waals surface area (Å²) in [4.78, 5) is 15.7. The Morgan fingerprint density at radius 1 is 0.657 bits per heavy atom. The van der Waals surface area contributed by atoms with E-state index < -0.39 is 7.26 Å². The van der Waals surface area contributed by atoms with Gasteiger partial charge in [-0.1, -0.05) is 72.8 Å². The van der Waals surface area contributed by atoms with E-state index in [-0.39, 0.29) is 5.91 Å². The average Bonchev–Trinajstić information content (AvgIpc) is 2.89. The molecule has 1 N–H and O–H groups in total. The molecule has 4 aromatic rings. The Bertz CT molecular complexity index is 1200. The lowest BCUT2D eigenvalue weighted by atomic mass is 10.1. The summed E-state index contributed by atoms with van der Waals surface area (Å²) in [6.07, 6.45) is 1.96. The normalized spacial score (nSPS) is 11.7. The van der Waals surface area contributed by atoms with Crippen molar-refractivity contribution in [3.8, 4) is 0 Å². The summed E-state index contributed by atoms with van der Waals surface area (Å²) in [5, 5.41) is 7.73. The molecular formula is C31H32N2OP+. The van der Waals surface area contributed by atoms with Crippen LogP contribution in [-0.2, 0) is 4.79 Å². The molecule has 3 nitrogen and oxygen atoms in total. The van der Waals surface area contributed by atoms with Crippen LogP contribution in [-0.4, -0.2) is 24.9 Å². The van der Waals surface area contributed by atoms with Crippen LogP contribution in [0.2, 0.25) is 0 Å². The van der Waals surface area contributed by atoms with Crippen LogP contribution in [0.4, 0.5) is 5.69 Å². The molecule has 0 atom stereocenters. The Hall–Kier alpha value is -3.68. The molecule has 0 radical (unpaired) electrons. The van der Waals surface area contributed by atoms with E-state index in [1.807, 2.05) is 38.5 Å². The van der Waals surface area contributed by atoms with Gasteiger partial charge in [-0.3, -0.25) is 4.79 Å². The number of carbonyl (C=O) groups excluding carboxylic acids is 1. The van der Waals surface area contributed by atoms with Crippen LogP contribution in [0.25, 0.3) is 0 Å². The molecular weight excluding hydrogens is 447 g/mol. The molecule has 4 rings (SSSR count). The van der Waals surface area contributed by atoms with E-state index in [0.717, 1.165) is 38.0 Å². The number of aryl methyl sites for hydroxylation is 2. The number of anilines is 1. The maximum absolute atomic E-state index is 14.0. The first-order valence-corrected chi connectivity index (χ1v) is 13.6. The summed E-state index contributed by atoms with van der Waals surface area (Å²) in [5.74, 6) is -0.00590. The van der Waals surface area contributed by atoms with E-state index in [1.165, 1.54) is 0 Å². The zero-order valence-electron chi connectivity index (χ0n) is 20.8. The molecule has 0 fully saturated rings. The van der Waals surface area contributed by atoms with Gasteiger partial charge in [0, 0.05) is 19.8 Å². The SMILES string of the molecule is Cc1cccc(C)c1NC=C(C(=O)N(C)C)[P+](c1ccccc1)(c1ccccc1)c1ccccc1. The van der Waals surface area contributed by atoms with Gasteiger partial charge in [0.1, 0.15) is 15.9 Å². The lowest BCUT2D eigenvalue weighted by Gasteiger charge is -2.30. The van der Waals surface area contributed by atoms with Gasteiger partial charge in [-0.15, -0.1) is 0 Å². The molecule has 0 spiro atoms. The largest absolute Gasteiger partial charge is 0.358 e. The summed E-state index contributed by atoms with van der Waals surface area (Å²) >= 11 is 0. The van der Waals surface area contributed by atoms with Crippen LogP contribution in [0.3, 0.4) is 0 Å². The molecule has 0 aromatic heterocycles. The van der Waals surface area contributed by atoms with E-state index >= 15 is 0 Å². The number of para-hydroxylation sites is 1. The number of amides is 1. The van der Waals surface area contributed by atoms with Crippen molar-refractivity contribution in [3.05, 3.63) is 132 Å². The van der Waals surface area contributed by atoms with Crippen molar-refractivity contribution in [1.29, 1.82) is 0 Å². The third kappa shape index (κ3) is 4.78. The zero-order chi connectivity index (χ0) is 24.8. The molecule has 0 aliphatic carbocycles. The van der Waals surface area contributed by atoms with Crippen molar-refractivity contribution < 1.29 is 4.79 Å². The Labute approximate surface area is 209 Å². The number of nitrogens with zero attached hydrogens (tertiary/aromatic N) is 1. The smallest absolute Gasteiger partial charge is 0.291 e. The van der Waals surface area contributed by atoms with Crippen LogP contribution >= 0.6 is 7.26 Å². The second kappa shape index (κ2) is 10.7. The molecule has 0 heterocycles. The fraction of sp³-hybridized carbons (Fsp3) is 0.129. The maximum Gasteiger partial charge on any atom is 0.291 e. The average molecular weight is 480 g/mol. The Balaban J connectivity index is 2.09. The number of benzene rings is 4. The van der Waals surface area contributed by atoms with Crippen molar-refractivity contribution >= 4 is 34.8 Å². The fourth-order valence-corrected chi connectivity index (χ4v) is 8.87. The predicted molar refractivity (Wildman–Crippen MR) is 151 cm³/mol. The quantitative estimate of drug-likeness (QED) is 0.275. The predicted octanol–water partition coefficient (Wildman–Crippen LogP) is 5.64. The van der Waals surface area contributed by atoms with E-state index in [1.54, 1.807) is 4.90 Å². The Morgan fingerprint density at radius 2 is 1.06 bits per heavy atom. The highest BCUT2D eigenvalue weighted by molar-refractivity contribution is 7.99. The van der Waals surface area contributed by atoms with Gasteiger partial charge in [0.2, 0.25) is 0 Å². The van der Waals surface area contributed by atoms with Crippen LogP contribution in [0, 0.1) is 13.8 Å². The third-order valence-corrected chi connectivity index (χ3v) is 10.5. The second-order valence-corrected chi connectivity index (χ2v) is 12.2. The van der Waals surface area contributed by atoms with E-state index in [4.69, 9.17) is 0 Å². The van der Waals surface area contributed by atoms with Crippen molar-refractivity contribution in [2.45, 2.75) is 13.8 Å². The molecule has 35 heavy (non-hydrogen) atoms. The lowest BCUT2D eigenvalue weighted by Crippen LogP contribution is -2.38. The third-order valence-electron chi connectivity index (χ3n) is 6.25. The second-order valence-electron chi connectivity index (χ2n) is 8.82. The van der Waals surface area contributed by atoms with Gasteiger partial charge < -0.3 is 10.2 Å². The van der Waals surface area contributed by atoms with Gasteiger partial charge in [-0.25, -0.2) is 0 Å². The van der Waals surface area contributed by atoms with Gasteiger partial charge in [-0.2, -0.15) is 0 Å². The first-order valence-electron chi connectivity index (χ1n) is 11.8. The van der Waals surface area contributed by atoms with Gasteiger partial charge in [0.15, 0.2) is 12.6 Å². The van der Waals surface area contributed by atoms with Crippen molar-refractivity contribution in [2.24, 2.45) is 0 Å². The molecule has 4 heteroatoms. The molecule has 0 bridgehead atoms. The van der Waals surface area contributed by atoms with E-state index in [9.17, 15) is 4.79 Å². The topological polar surface area (TPSA) is 32.3 Å². The molecule has 0 aliphatic rings. The molecule has 176 valence electrons. The summed E-state index contributed by atoms with van der Waals surface area (Å²) in [6.45, 7) is 4.18. The van der Waals surface area contributed by atoms with E-state index in [2.05, 4.69) is 110 Å². The van der Waals surface area contributed by atoms with Crippen LogP contribution in [0.1, 0.15) is 11.1 Å². The highest BCUT2D eigenvalue weighted by Crippen LogP contribution is 2.62. The van der Waals surface area contributed by atoms with Crippen molar-refractivity contribution in [3.63, 3.8) is 0 Å². The minimum atomic E-state index is -2.53. The monoisotopic (exact) mass is 479 g/mol. The summed E-state index contributed by atoms with van der Waals surface area (Å²) < 4.78 is 0. The minimum absolute atomic E-state index is 0.00590. The van der Waals surface area contributed by atoms with Crippen molar-refractivity contribution in [2.75, 3.05) is 19.4 Å². The fourth-order valence-electron chi connectivity index (χ4n) is 4.53. The number of carbonyl (C=O) groups is 1. The molecule has 0 saturated carbocycles. The minimum Gasteiger partial charge on any atom is -0.358 e. The maximum atomic E-state index is 14.0. The molecule has 0 aliphatic heterocycles. The first-order chi connectivity index (χ1) is 17.0. The van der Waals surface area contributed by atoms with Gasteiger partial charge in [0.05, 0.1) is 6.20 Å². The first kappa shape index (κ1) is 24.4.